The van der Waals surface area contributed by atoms with E-state index in [1.807, 2.05) is 58.9 Å². The first-order chi connectivity index (χ1) is 11.7. The van der Waals surface area contributed by atoms with E-state index in [0.29, 0.717) is 5.56 Å². The summed E-state index contributed by atoms with van der Waals surface area (Å²) < 4.78 is 1.86. The van der Waals surface area contributed by atoms with Crippen molar-refractivity contribution in [2.75, 3.05) is 5.32 Å². The van der Waals surface area contributed by atoms with E-state index in [1.54, 1.807) is 0 Å². The molecule has 0 aliphatic carbocycles. The van der Waals surface area contributed by atoms with Crippen molar-refractivity contribution < 1.29 is 4.79 Å². The normalized spacial score (nSPS) is 12.9. The molecule has 1 N–H and O–H groups in total. The van der Waals surface area contributed by atoms with Gasteiger partial charge in [0, 0.05) is 22.6 Å². The van der Waals surface area contributed by atoms with Gasteiger partial charge in [-0.1, -0.05) is 30.3 Å². The summed E-state index contributed by atoms with van der Waals surface area (Å²) in [5, 5.41) is 7.80. The smallest absolute Gasteiger partial charge is 0.256 e. The predicted octanol–water partition coefficient (Wildman–Crippen LogP) is 4.18. The zero-order chi connectivity index (χ0) is 16.5. The highest BCUT2D eigenvalue weighted by Crippen LogP contribution is 2.36. The summed E-state index contributed by atoms with van der Waals surface area (Å²) in [6.07, 6.45) is 0. The van der Waals surface area contributed by atoms with Crippen molar-refractivity contribution in [1.29, 1.82) is 0 Å². The monoisotopic (exact) mass is 335 g/mol. The molecular formula is C19H17N3OS. The van der Waals surface area contributed by atoms with Gasteiger partial charge in [0.25, 0.3) is 5.91 Å². The molecule has 0 saturated carbocycles. The number of amides is 1. The zero-order valence-electron chi connectivity index (χ0n) is 13.3. The molecule has 3 aromatic rings. The van der Waals surface area contributed by atoms with Gasteiger partial charge < -0.3 is 5.32 Å². The number of hydrogen-bond donors (Lipinski definition) is 1. The Bertz CT molecular complexity index is 902. The molecule has 1 amide bonds. The van der Waals surface area contributed by atoms with E-state index in [-0.39, 0.29) is 5.91 Å². The molecule has 1 aromatic heterocycles. The lowest BCUT2D eigenvalue weighted by Crippen LogP contribution is -2.16. The topological polar surface area (TPSA) is 46.9 Å². The molecule has 4 nitrogen and oxygen atoms in total. The van der Waals surface area contributed by atoms with Crippen LogP contribution in [-0.2, 0) is 11.5 Å². The molecule has 0 unspecified atom stereocenters. The standard InChI is InChI=1S/C19H17N3OS/c1-13-6-5-9-15(10-13)22-18(16-11-24-12-17(16)21-22)20-19(23)14-7-3-2-4-8-14/h2-10H,11-12H2,1H3,(H,20,23). The third-order valence-corrected chi connectivity index (χ3v) is 5.04. The highest BCUT2D eigenvalue weighted by Gasteiger charge is 2.25. The van der Waals surface area contributed by atoms with E-state index in [0.717, 1.165) is 39.8 Å². The van der Waals surface area contributed by atoms with Gasteiger partial charge >= 0.3 is 0 Å². The zero-order valence-corrected chi connectivity index (χ0v) is 14.1. The lowest BCUT2D eigenvalue weighted by Gasteiger charge is -2.11. The number of hydrogen-bond acceptors (Lipinski definition) is 3. The van der Waals surface area contributed by atoms with Crippen LogP contribution in [0.4, 0.5) is 5.82 Å². The van der Waals surface area contributed by atoms with E-state index in [1.165, 1.54) is 0 Å². The second kappa shape index (κ2) is 6.17. The summed E-state index contributed by atoms with van der Waals surface area (Å²) in [5.74, 6) is 2.45. The van der Waals surface area contributed by atoms with Gasteiger partial charge in [-0.3, -0.25) is 4.79 Å². The van der Waals surface area contributed by atoms with E-state index >= 15 is 0 Å². The van der Waals surface area contributed by atoms with Crippen LogP contribution in [0.1, 0.15) is 27.2 Å². The fourth-order valence-corrected chi connectivity index (χ4v) is 3.89. The van der Waals surface area contributed by atoms with Gasteiger partial charge in [-0.25, -0.2) is 4.68 Å². The molecule has 4 rings (SSSR count). The molecular weight excluding hydrogens is 318 g/mol. The van der Waals surface area contributed by atoms with Crippen LogP contribution in [0.25, 0.3) is 5.69 Å². The molecule has 24 heavy (non-hydrogen) atoms. The third-order valence-electron chi connectivity index (χ3n) is 4.07. The van der Waals surface area contributed by atoms with Crippen LogP contribution >= 0.6 is 11.8 Å². The van der Waals surface area contributed by atoms with Gasteiger partial charge in [0.2, 0.25) is 0 Å². The minimum Gasteiger partial charge on any atom is -0.306 e. The van der Waals surface area contributed by atoms with E-state index < -0.39 is 0 Å². The lowest BCUT2D eigenvalue weighted by atomic mass is 10.2. The SMILES string of the molecule is Cc1cccc(-n2nc3c(c2NC(=O)c2ccccc2)CSC3)c1. The minimum atomic E-state index is -0.107. The molecule has 0 saturated heterocycles. The molecule has 2 aromatic carbocycles. The van der Waals surface area contributed by atoms with Gasteiger partial charge in [0.15, 0.2) is 0 Å². The van der Waals surface area contributed by atoms with Crippen molar-refractivity contribution in [1.82, 2.24) is 9.78 Å². The third kappa shape index (κ3) is 2.71. The Hall–Kier alpha value is -2.53. The summed E-state index contributed by atoms with van der Waals surface area (Å²) in [7, 11) is 0. The van der Waals surface area contributed by atoms with Crippen molar-refractivity contribution in [3.8, 4) is 5.69 Å². The fraction of sp³-hybridized carbons (Fsp3) is 0.158. The molecule has 0 fully saturated rings. The first-order valence-corrected chi connectivity index (χ1v) is 9.00. The van der Waals surface area contributed by atoms with E-state index in [2.05, 4.69) is 24.4 Å². The van der Waals surface area contributed by atoms with Gasteiger partial charge in [0.05, 0.1) is 11.4 Å². The van der Waals surface area contributed by atoms with Crippen molar-refractivity contribution in [3.05, 3.63) is 77.0 Å². The van der Waals surface area contributed by atoms with Crippen LogP contribution < -0.4 is 5.32 Å². The highest BCUT2D eigenvalue weighted by molar-refractivity contribution is 7.98. The Balaban J connectivity index is 1.75. The summed E-state index contributed by atoms with van der Waals surface area (Å²) in [4.78, 5) is 12.6. The van der Waals surface area contributed by atoms with Gasteiger partial charge in [-0.2, -0.15) is 16.9 Å². The summed E-state index contributed by atoms with van der Waals surface area (Å²) in [5.41, 5.74) is 4.97. The largest absolute Gasteiger partial charge is 0.306 e. The molecule has 0 spiro atoms. The Labute approximate surface area is 144 Å². The van der Waals surface area contributed by atoms with Crippen LogP contribution in [0.15, 0.2) is 54.6 Å². The van der Waals surface area contributed by atoms with Gasteiger partial charge in [-0.05, 0) is 36.8 Å². The maximum Gasteiger partial charge on any atom is 0.256 e. The van der Waals surface area contributed by atoms with Crippen LogP contribution in [0.3, 0.4) is 0 Å². The number of carbonyl (C=O) groups is 1. The molecule has 0 radical (unpaired) electrons. The lowest BCUT2D eigenvalue weighted by molar-refractivity contribution is 0.102. The van der Waals surface area contributed by atoms with Crippen molar-refractivity contribution in [2.45, 2.75) is 18.4 Å². The number of aryl methyl sites for hydroxylation is 1. The predicted molar refractivity (Wildman–Crippen MR) is 97.7 cm³/mol. The number of nitrogens with one attached hydrogen (secondary N) is 1. The number of carbonyl (C=O) groups excluding carboxylic acids is 1. The van der Waals surface area contributed by atoms with Crippen molar-refractivity contribution in [3.63, 3.8) is 0 Å². The van der Waals surface area contributed by atoms with Gasteiger partial charge in [-0.15, -0.1) is 0 Å². The van der Waals surface area contributed by atoms with Crippen LogP contribution in [-0.4, -0.2) is 15.7 Å². The maximum atomic E-state index is 12.6. The Morgan fingerprint density at radius 1 is 1.12 bits per heavy atom. The molecule has 5 heteroatoms. The molecule has 1 aliphatic rings. The van der Waals surface area contributed by atoms with Crippen molar-refractivity contribution >= 4 is 23.5 Å². The molecule has 120 valence electrons. The molecule has 1 aliphatic heterocycles. The minimum absolute atomic E-state index is 0.107. The molecule has 2 heterocycles. The second-order valence-corrected chi connectivity index (χ2v) is 6.82. The first kappa shape index (κ1) is 15.0. The Morgan fingerprint density at radius 2 is 1.96 bits per heavy atom. The number of aromatic nitrogens is 2. The van der Waals surface area contributed by atoms with Crippen LogP contribution in [0.5, 0.6) is 0 Å². The van der Waals surface area contributed by atoms with E-state index in [9.17, 15) is 4.79 Å². The molecule has 0 bridgehead atoms. The Morgan fingerprint density at radius 3 is 2.75 bits per heavy atom. The number of fused-ring (bicyclic) bond motifs is 1. The van der Waals surface area contributed by atoms with Gasteiger partial charge in [0.1, 0.15) is 5.82 Å². The quantitative estimate of drug-likeness (QED) is 0.781. The van der Waals surface area contributed by atoms with Crippen molar-refractivity contribution in [2.24, 2.45) is 0 Å². The van der Waals surface area contributed by atoms with Crippen LogP contribution in [0.2, 0.25) is 0 Å². The number of thioether (sulfide) groups is 1. The fourth-order valence-electron chi connectivity index (χ4n) is 2.86. The average Bonchev–Trinajstić information content (AvgIpc) is 3.18. The second-order valence-electron chi connectivity index (χ2n) is 5.84. The summed E-state index contributed by atoms with van der Waals surface area (Å²) in [6.45, 7) is 2.05. The maximum absolute atomic E-state index is 12.6. The Kier molecular flexibility index (Phi) is 3.86. The van der Waals surface area contributed by atoms with E-state index in [4.69, 9.17) is 5.10 Å². The number of nitrogens with zero attached hydrogens (tertiary/aromatic N) is 2. The summed E-state index contributed by atoms with van der Waals surface area (Å²) in [6, 6.07) is 17.4. The average molecular weight is 335 g/mol. The first-order valence-electron chi connectivity index (χ1n) is 7.84. The number of rotatable bonds is 3. The molecule has 0 atom stereocenters. The van der Waals surface area contributed by atoms with Crippen LogP contribution in [0, 0.1) is 6.92 Å². The number of benzene rings is 2. The summed E-state index contributed by atoms with van der Waals surface area (Å²) >= 11 is 1.83. The number of anilines is 1. The highest BCUT2D eigenvalue weighted by atomic mass is 32.2.